The first-order valence-electron chi connectivity index (χ1n) is 8.19. The molecule has 0 aliphatic rings. The van der Waals surface area contributed by atoms with Crippen molar-refractivity contribution in [3.8, 4) is 0 Å². The molecule has 0 spiro atoms. The molecule has 1 nitrogen and oxygen atoms in total. The van der Waals surface area contributed by atoms with E-state index in [1.54, 1.807) is 12.1 Å². The number of nitrogens with one attached hydrogen (secondary N) is 1. The first-order valence-corrected chi connectivity index (χ1v) is 8.19. The van der Waals surface area contributed by atoms with E-state index in [1.165, 1.54) is 12.0 Å². The second-order valence-corrected chi connectivity index (χ2v) is 7.64. The zero-order valence-electron chi connectivity index (χ0n) is 14.6. The molecular formula is C19H32FN. The Morgan fingerprint density at radius 1 is 1.24 bits per heavy atom. The predicted octanol–water partition coefficient (Wildman–Crippen LogP) is 5.12. The van der Waals surface area contributed by atoms with Gasteiger partial charge in [0.1, 0.15) is 5.82 Å². The highest BCUT2D eigenvalue weighted by Gasteiger charge is 2.19. The molecule has 0 bridgehead atoms. The van der Waals surface area contributed by atoms with Crippen LogP contribution < -0.4 is 5.32 Å². The van der Waals surface area contributed by atoms with Gasteiger partial charge in [0.15, 0.2) is 0 Å². The number of likely N-dealkylation sites (N-methyl/N-ethyl adjacent to an activating group) is 1. The Hall–Kier alpha value is -0.890. The Morgan fingerprint density at radius 3 is 2.48 bits per heavy atom. The standard InChI is InChI=1S/C19H32FN/c1-7-21-18(10-14(2)13-19(4,5)6)12-16-11-17(20)9-8-15(16)3/h8-9,11,14,18,21H,7,10,12-13H2,1-6H3. The molecule has 1 rings (SSSR count). The first kappa shape index (κ1) is 18.2. The summed E-state index contributed by atoms with van der Waals surface area (Å²) < 4.78 is 13.4. The van der Waals surface area contributed by atoms with Gasteiger partial charge >= 0.3 is 0 Å². The Bertz CT molecular complexity index is 434. The maximum Gasteiger partial charge on any atom is 0.123 e. The van der Waals surface area contributed by atoms with Gasteiger partial charge in [-0.15, -0.1) is 0 Å². The van der Waals surface area contributed by atoms with Gasteiger partial charge in [0.05, 0.1) is 0 Å². The lowest BCUT2D eigenvalue weighted by Gasteiger charge is -2.27. The van der Waals surface area contributed by atoms with E-state index >= 15 is 0 Å². The van der Waals surface area contributed by atoms with Crippen molar-refractivity contribution in [1.29, 1.82) is 0 Å². The molecule has 0 aliphatic carbocycles. The largest absolute Gasteiger partial charge is 0.314 e. The summed E-state index contributed by atoms with van der Waals surface area (Å²) in [7, 11) is 0. The molecule has 2 unspecified atom stereocenters. The SMILES string of the molecule is CCNC(Cc1cc(F)ccc1C)CC(C)CC(C)(C)C. The van der Waals surface area contributed by atoms with Crippen molar-refractivity contribution in [3.05, 3.63) is 35.1 Å². The Kier molecular flexibility index (Phi) is 6.86. The fourth-order valence-corrected chi connectivity index (χ4v) is 3.27. The van der Waals surface area contributed by atoms with E-state index in [0.717, 1.165) is 24.9 Å². The Labute approximate surface area is 130 Å². The number of hydrogen-bond acceptors (Lipinski definition) is 1. The van der Waals surface area contributed by atoms with Crippen LogP contribution in [0.1, 0.15) is 58.6 Å². The van der Waals surface area contributed by atoms with Crippen molar-refractivity contribution in [1.82, 2.24) is 5.32 Å². The monoisotopic (exact) mass is 293 g/mol. The highest BCUT2D eigenvalue weighted by molar-refractivity contribution is 5.27. The third kappa shape index (κ3) is 7.08. The molecule has 0 heterocycles. The molecule has 0 fully saturated rings. The lowest BCUT2D eigenvalue weighted by molar-refractivity contribution is 0.275. The van der Waals surface area contributed by atoms with Crippen LogP contribution in [0.25, 0.3) is 0 Å². The summed E-state index contributed by atoms with van der Waals surface area (Å²) in [5.41, 5.74) is 2.68. The molecular weight excluding hydrogens is 261 g/mol. The fourth-order valence-electron chi connectivity index (χ4n) is 3.27. The minimum atomic E-state index is -0.131. The minimum Gasteiger partial charge on any atom is -0.314 e. The van der Waals surface area contributed by atoms with Crippen LogP contribution in [-0.4, -0.2) is 12.6 Å². The lowest BCUT2D eigenvalue weighted by Crippen LogP contribution is -2.33. The van der Waals surface area contributed by atoms with E-state index in [9.17, 15) is 4.39 Å². The number of hydrogen-bond donors (Lipinski definition) is 1. The highest BCUT2D eigenvalue weighted by atomic mass is 19.1. The van der Waals surface area contributed by atoms with Crippen molar-refractivity contribution in [3.63, 3.8) is 0 Å². The van der Waals surface area contributed by atoms with Gasteiger partial charge in [0, 0.05) is 6.04 Å². The maximum atomic E-state index is 13.4. The summed E-state index contributed by atoms with van der Waals surface area (Å²) in [4.78, 5) is 0. The molecule has 1 N–H and O–H groups in total. The van der Waals surface area contributed by atoms with E-state index in [0.29, 0.717) is 17.4 Å². The molecule has 1 aromatic rings. The summed E-state index contributed by atoms with van der Waals surface area (Å²) >= 11 is 0. The average Bonchev–Trinajstić information content (AvgIpc) is 2.31. The van der Waals surface area contributed by atoms with Crippen LogP contribution in [0.3, 0.4) is 0 Å². The third-order valence-electron chi connectivity index (χ3n) is 3.92. The van der Waals surface area contributed by atoms with Gasteiger partial charge in [0.25, 0.3) is 0 Å². The molecule has 0 saturated heterocycles. The van der Waals surface area contributed by atoms with Crippen LogP contribution >= 0.6 is 0 Å². The zero-order chi connectivity index (χ0) is 16.0. The summed E-state index contributed by atoms with van der Waals surface area (Å²) in [6.45, 7) is 14.4. The molecule has 1 aromatic carbocycles. The number of benzene rings is 1. The topological polar surface area (TPSA) is 12.0 Å². The second kappa shape index (κ2) is 7.93. The molecule has 0 aromatic heterocycles. The molecule has 120 valence electrons. The average molecular weight is 293 g/mol. The van der Waals surface area contributed by atoms with Crippen molar-refractivity contribution >= 4 is 0 Å². The summed E-state index contributed by atoms with van der Waals surface area (Å²) in [5, 5.41) is 3.57. The second-order valence-electron chi connectivity index (χ2n) is 7.64. The van der Waals surface area contributed by atoms with Crippen molar-refractivity contribution in [2.24, 2.45) is 11.3 Å². The van der Waals surface area contributed by atoms with Gasteiger partial charge in [-0.25, -0.2) is 4.39 Å². The summed E-state index contributed by atoms with van der Waals surface area (Å²) in [6.07, 6.45) is 3.27. The summed E-state index contributed by atoms with van der Waals surface area (Å²) in [5.74, 6) is 0.538. The van der Waals surface area contributed by atoms with Crippen molar-refractivity contribution in [2.45, 2.75) is 66.8 Å². The quantitative estimate of drug-likeness (QED) is 0.736. The Morgan fingerprint density at radius 2 is 1.90 bits per heavy atom. The van der Waals surface area contributed by atoms with E-state index in [-0.39, 0.29) is 5.82 Å². The predicted molar refractivity (Wildman–Crippen MR) is 90.2 cm³/mol. The van der Waals surface area contributed by atoms with Gasteiger partial charge in [-0.05, 0) is 67.3 Å². The lowest BCUT2D eigenvalue weighted by atomic mass is 9.82. The molecule has 21 heavy (non-hydrogen) atoms. The number of aryl methyl sites for hydroxylation is 1. The van der Waals surface area contributed by atoms with Gasteiger partial charge in [-0.1, -0.05) is 40.7 Å². The zero-order valence-corrected chi connectivity index (χ0v) is 14.6. The van der Waals surface area contributed by atoms with Crippen LogP contribution in [0.15, 0.2) is 18.2 Å². The molecule has 2 atom stereocenters. The molecule has 0 aliphatic heterocycles. The van der Waals surface area contributed by atoms with E-state index in [4.69, 9.17) is 0 Å². The molecule has 0 radical (unpaired) electrons. The van der Waals surface area contributed by atoms with Crippen LogP contribution in [0.2, 0.25) is 0 Å². The normalized spacial score (nSPS) is 15.0. The third-order valence-corrected chi connectivity index (χ3v) is 3.92. The van der Waals surface area contributed by atoms with Gasteiger partial charge in [-0.2, -0.15) is 0 Å². The van der Waals surface area contributed by atoms with Crippen LogP contribution in [0.5, 0.6) is 0 Å². The molecule has 0 saturated carbocycles. The van der Waals surface area contributed by atoms with Gasteiger partial charge in [0.2, 0.25) is 0 Å². The van der Waals surface area contributed by atoms with Gasteiger partial charge < -0.3 is 5.32 Å². The van der Waals surface area contributed by atoms with E-state index < -0.39 is 0 Å². The Balaban J connectivity index is 2.71. The first-order chi connectivity index (χ1) is 9.71. The summed E-state index contributed by atoms with van der Waals surface area (Å²) in [6, 6.07) is 5.54. The number of halogens is 1. The van der Waals surface area contributed by atoms with E-state index in [1.807, 2.05) is 6.07 Å². The number of rotatable bonds is 7. The molecule has 2 heteroatoms. The van der Waals surface area contributed by atoms with E-state index in [2.05, 4.69) is 46.9 Å². The van der Waals surface area contributed by atoms with Crippen molar-refractivity contribution < 1.29 is 4.39 Å². The van der Waals surface area contributed by atoms with Crippen molar-refractivity contribution in [2.75, 3.05) is 6.54 Å². The van der Waals surface area contributed by atoms with Crippen LogP contribution in [0.4, 0.5) is 4.39 Å². The maximum absolute atomic E-state index is 13.4. The fraction of sp³-hybridized carbons (Fsp3) is 0.684. The highest BCUT2D eigenvalue weighted by Crippen LogP contribution is 2.27. The minimum absolute atomic E-state index is 0.131. The molecule has 0 amide bonds. The van der Waals surface area contributed by atoms with Gasteiger partial charge in [-0.3, -0.25) is 0 Å². The van der Waals surface area contributed by atoms with Crippen LogP contribution in [0, 0.1) is 24.1 Å². The van der Waals surface area contributed by atoms with Crippen LogP contribution in [-0.2, 0) is 6.42 Å². The smallest absolute Gasteiger partial charge is 0.123 e.